The molecule has 0 bridgehead atoms. The fourth-order valence-corrected chi connectivity index (χ4v) is 2.70. The molecule has 1 aliphatic rings. The summed E-state index contributed by atoms with van der Waals surface area (Å²) >= 11 is 3.40. The van der Waals surface area contributed by atoms with Crippen molar-refractivity contribution in [3.8, 4) is 5.75 Å². The molecule has 0 aliphatic heterocycles. The Balaban J connectivity index is 2.07. The van der Waals surface area contributed by atoms with Crippen LogP contribution in [-0.4, -0.2) is 18.6 Å². The third-order valence-electron chi connectivity index (χ3n) is 3.35. The lowest BCUT2D eigenvalue weighted by molar-refractivity contribution is -0.119. The number of ether oxygens (including phenoxy) is 1. The molecule has 0 saturated heterocycles. The van der Waals surface area contributed by atoms with E-state index in [-0.39, 0.29) is 17.9 Å². The van der Waals surface area contributed by atoms with Crippen molar-refractivity contribution in [3.05, 3.63) is 22.7 Å². The van der Waals surface area contributed by atoms with Gasteiger partial charge in [0, 0.05) is 16.4 Å². The van der Waals surface area contributed by atoms with Crippen LogP contribution in [0, 0.1) is 5.92 Å². The first-order valence-corrected chi connectivity index (χ1v) is 7.38. The van der Waals surface area contributed by atoms with Crippen LogP contribution in [0.25, 0.3) is 0 Å². The maximum atomic E-state index is 12.2. The van der Waals surface area contributed by atoms with E-state index in [0.717, 1.165) is 29.4 Å². The van der Waals surface area contributed by atoms with Crippen LogP contribution in [0.5, 0.6) is 5.75 Å². The Labute approximate surface area is 121 Å². The van der Waals surface area contributed by atoms with Crippen molar-refractivity contribution in [1.82, 2.24) is 0 Å². The molecule has 1 aromatic rings. The van der Waals surface area contributed by atoms with Gasteiger partial charge in [-0.1, -0.05) is 15.9 Å². The van der Waals surface area contributed by atoms with Crippen LogP contribution in [0.3, 0.4) is 0 Å². The van der Waals surface area contributed by atoms with Crippen LogP contribution in [0.1, 0.15) is 26.2 Å². The zero-order valence-corrected chi connectivity index (χ0v) is 12.6. The van der Waals surface area contributed by atoms with Crippen LogP contribution in [0.2, 0.25) is 0 Å². The zero-order chi connectivity index (χ0) is 13.8. The quantitative estimate of drug-likeness (QED) is 0.894. The lowest BCUT2D eigenvalue weighted by Crippen LogP contribution is -2.23. The standard InChI is InChI=1S/C14H19BrN2O2/c1-2-19-13-8-10(15)4-6-12(13)17-14(18)9-3-5-11(16)7-9/h4,6,8-9,11H,2-3,5,7,16H2,1H3,(H,17,18). The first-order chi connectivity index (χ1) is 9.10. The first-order valence-electron chi connectivity index (χ1n) is 6.59. The van der Waals surface area contributed by atoms with Gasteiger partial charge >= 0.3 is 0 Å². The van der Waals surface area contributed by atoms with E-state index in [2.05, 4.69) is 21.2 Å². The van der Waals surface area contributed by atoms with Crippen LogP contribution < -0.4 is 15.8 Å². The highest BCUT2D eigenvalue weighted by atomic mass is 79.9. The van der Waals surface area contributed by atoms with E-state index in [1.165, 1.54) is 0 Å². The summed E-state index contributed by atoms with van der Waals surface area (Å²) in [6, 6.07) is 5.76. The van der Waals surface area contributed by atoms with E-state index in [1.807, 2.05) is 25.1 Å². The van der Waals surface area contributed by atoms with Gasteiger partial charge in [0.25, 0.3) is 0 Å². The van der Waals surface area contributed by atoms with Crippen molar-refractivity contribution < 1.29 is 9.53 Å². The fourth-order valence-electron chi connectivity index (χ4n) is 2.36. The predicted octanol–water partition coefficient (Wildman–Crippen LogP) is 2.91. The highest BCUT2D eigenvalue weighted by Crippen LogP contribution is 2.31. The molecular formula is C14H19BrN2O2. The van der Waals surface area contributed by atoms with Gasteiger partial charge in [0.05, 0.1) is 12.3 Å². The minimum absolute atomic E-state index is 0.0214. The van der Waals surface area contributed by atoms with Gasteiger partial charge in [-0.25, -0.2) is 0 Å². The van der Waals surface area contributed by atoms with Gasteiger partial charge in [0.1, 0.15) is 5.75 Å². The molecule has 19 heavy (non-hydrogen) atoms. The van der Waals surface area contributed by atoms with E-state index in [1.54, 1.807) is 0 Å². The maximum Gasteiger partial charge on any atom is 0.227 e. The summed E-state index contributed by atoms with van der Waals surface area (Å²) in [4.78, 5) is 12.2. The first kappa shape index (κ1) is 14.3. The molecule has 1 amide bonds. The van der Waals surface area contributed by atoms with Crippen molar-refractivity contribution in [1.29, 1.82) is 0 Å². The molecule has 2 unspecified atom stereocenters. The second-order valence-electron chi connectivity index (χ2n) is 4.83. The van der Waals surface area contributed by atoms with Gasteiger partial charge < -0.3 is 15.8 Å². The average Bonchev–Trinajstić information content (AvgIpc) is 2.80. The molecule has 0 radical (unpaired) electrons. The molecule has 1 saturated carbocycles. The van der Waals surface area contributed by atoms with Gasteiger partial charge in [-0.2, -0.15) is 0 Å². The lowest BCUT2D eigenvalue weighted by atomic mass is 10.1. The molecular weight excluding hydrogens is 308 g/mol. The van der Waals surface area contributed by atoms with Crippen molar-refractivity contribution in [3.63, 3.8) is 0 Å². The van der Waals surface area contributed by atoms with Crippen molar-refractivity contribution in [2.75, 3.05) is 11.9 Å². The number of anilines is 1. The zero-order valence-electron chi connectivity index (χ0n) is 11.0. The van der Waals surface area contributed by atoms with E-state index in [4.69, 9.17) is 10.5 Å². The number of hydrogen-bond acceptors (Lipinski definition) is 3. The van der Waals surface area contributed by atoms with Crippen LogP contribution in [0.15, 0.2) is 22.7 Å². The summed E-state index contributed by atoms with van der Waals surface area (Å²) in [7, 11) is 0. The smallest absolute Gasteiger partial charge is 0.227 e. The molecule has 0 aromatic heterocycles. The largest absolute Gasteiger partial charge is 0.492 e. The highest BCUT2D eigenvalue weighted by Gasteiger charge is 2.28. The summed E-state index contributed by atoms with van der Waals surface area (Å²) < 4.78 is 6.46. The van der Waals surface area contributed by atoms with Gasteiger partial charge in [0.15, 0.2) is 0 Å². The molecule has 1 fully saturated rings. The summed E-state index contributed by atoms with van der Waals surface area (Å²) in [6.45, 7) is 2.48. The highest BCUT2D eigenvalue weighted by molar-refractivity contribution is 9.10. The number of benzene rings is 1. The third-order valence-corrected chi connectivity index (χ3v) is 3.84. The summed E-state index contributed by atoms with van der Waals surface area (Å²) in [5, 5.41) is 2.94. The Kier molecular flexibility index (Phi) is 4.82. The molecule has 1 aliphatic carbocycles. The number of hydrogen-bond donors (Lipinski definition) is 2. The number of rotatable bonds is 4. The molecule has 3 N–H and O–H groups in total. The summed E-state index contributed by atoms with van der Waals surface area (Å²) in [5.41, 5.74) is 6.56. The van der Waals surface area contributed by atoms with Crippen LogP contribution in [-0.2, 0) is 4.79 Å². The number of halogens is 1. The number of carbonyl (C=O) groups is 1. The predicted molar refractivity (Wildman–Crippen MR) is 79.3 cm³/mol. The third kappa shape index (κ3) is 3.70. The molecule has 2 atom stereocenters. The van der Waals surface area contributed by atoms with E-state index < -0.39 is 0 Å². The summed E-state index contributed by atoms with van der Waals surface area (Å²) in [5.74, 6) is 0.747. The molecule has 4 nitrogen and oxygen atoms in total. The molecule has 2 rings (SSSR count). The topological polar surface area (TPSA) is 64.3 Å². The Morgan fingerprint density at radius 1 is 1.53 bits per heavy atom. The molecule has 5 heteroatoms. The molecule has 1 aromatic carbocycles. The number of nitrogens with one attached hydrogen (secondary N) is 1. The Hall–Kier alpha value is -1.07. The van der Waals surface area contributed by atoms with E-state index >= 15 is 0 Å². The van der Waals surface area contributed by atoms with Gasteiger partial charge in [-0.05, 0) is 44.4 Å². The number of nitrogens with two attached hydrogens (primary N) is 1. The second kappa shape index (κ2) is 6.39. The van der Waals surface area contributed by atoms with Crippen LogP contribution in [0.4, 0.5) is 5.69 Å². The van der Waals surface area contributed by atoms with Gasteiger partial charge in [-0.3, -0.25) is 4.79 Å². The Morgan fingerprint density at radius 3 is 2.95 bits per heavy atom. The van der Waals surface area contributed by atoms with Crippen molar-refractivity contribution in [2.24, 2.45) is 11.7 Å². The van der Waals surface area contributed by atoms with E-state index in [9.17, 15) is 4.79 Å². The van der Waals surface area contributed by atoms with Gasteiger partial charge in [0.2, 0.25) is 5.91 Å². The Bertz CT molecular complexity index is 465. The molecule has 0 spiro atoms. The number of amides is 1. The normalized spacial score (nSPS) is 22.3. The fraction of sp³-hybridized carbons (Fsp3) is 0.500. The molecule has 104 valence electrons. The van der Waals surface area contributed by atoms with Gasteiger partial charge in [-0.15, -0.1) is 0 Å². The number of carbonyl (C=O) groups excluding carboxylic acids is 1. The average molecular weight is 327 g/mol. The SMILES string of the molecule is CCOc1cc(Br)ccc1NC(=O)C1CCC(N)C1. The monoisotopic (exact) mass is 326 g/mol. The minimum Gasteiger partial charge on any atom is -0.492 e. The molecule has 0 heterocycles. The lowest BCUT2D eigenvalue weighted by Gasteiger charge is -2.14. The Morgan fingerprint density at radius 2 is 2.32 bits per heavy atom. The summed E-state index contributed by atoms with van der Waals surface area (Å²) in [6.07, 6.45) is 2.57. The maximum absolute atomic E-state index is 12.2. The second-order valence-corrected chi connectivity index (χ2v) is 5.75. The van der Waals surface area contributed by atoms with Crippen molar-refractivity contribution >= 4 is 27.5 Å². The minimum atomic E-state index is 0.0214. The van der Waals surface area contributed by atoms with Crippen molar-refractivity contribution in [2.45, 2.75) is 32.2 Å². The van der Waals surface area contributed by atoms with E-state index in [0.29, 0.717) is 12.4 Å². The van der Waals surface area contributed by atoms with Crippen LogP contribution >= 0.6 is 15.9 Å².